The zero-order valence-electron chi connectivity index (χ0n) is 13.2. The molecule has 3 heterocycles. The van der Waals surface area contributed by atoms with Crippen LogP contribution in [-0.2, 0) is 0 Å². The maximum Gasteiger partial charge on any atom is 0.238 e. The first-order valence-electron chi connectivity index (χ1n) is 8.08. The van der Waals surface area contributed by atoms with Crippen LogP contribution in [0.2, 0.25) is 0 Å². The summed E-state index contributed by atoms with van der Waals surface area (Å²) in [7, 11) is 2.15. The van der Waals surface area contributed by atoms with E-state index in [-0.39, 0.29) is 5.82 Å². The van der Waals surface area contributed by atoms with Gasteiger partial charge in [0.1, 0.15) is 11.3 Å². The third kappa shape index (κ3) is 2.77. The number of fused-ring (bicyclic) bond motifs is 3. The molecule has 0 atom stereocenters. The Bertz CT molecular complexity index is 837. The van der Waals surface area contributed by atoms with Crippen molar-refractivity contribution in [2.75, 3.05) is 26.7 Å². The lowest BCUT2D eigenvalue weighted by Crippen LogP contribution is -2.32. The van der Waals surface area contributed by atoms with E-state index in [0.717, 1.165) is 37.0 Å². The summed E-state index contributed by atoms with van der Waals surface area (Å²) in [6, 6.07) is 8.62. The van der Waals surface area contributed by atoms with Crippen molar-refractivity contribution in [1.82, 2.24) is 14.3 Å². The third-order valence-corrected chi connectivity index (χ3v) is 4.68. The third-order valence-electron chi connectivity index (χ3n) is 4.68. The Labute approximate surface area is 134 Å². The molecule has 0 N–H and O–H groups in total. The molecule has 23 heavy (non-hydrogen) atoms. The van der Waals surface area contributed by atoms with Gasteiger partial charge < -0.3 is 14.0 Å². The van der Waals surface area contributed by atoms with Gasteiger partial charge in [-0.2, -0.15) is 0 Å². The van der Waals surface area contributed by atoms with Crippen molar-refractivity contribution < 1.29 is 9.13 Å². The Balaban J connectivity index is 1.64. The number of likely N-dealkylation sites (tertiary alicyclic amines) is 1. The Morgan fingerprint density at radius 3 is 2.87 bits per heavy atom. The van der Waals surface area contributed by atoms with Crippen LogP contribution in [0.3, 0.4) is 0 Å². The molecule has 1 aliphatic rings. The molecule has 0 aliphatic carbocycles. The van der Waals surface area contributed by atoms with Crippen LogP contribution in [0.4, 0.5) is 4.39 Å². The summed E-state index contributed by atoms with van der Waals surface area (Å²) in [6.45, 7) is 2.90. The number of hydrogen-bond donors (Lipinski definition) is 0. The first kappa shape index (κ1) is 14.5. The standard InChI is InChI=1S/C18H20FN3O/c1-21-9-6-13(7-10-21)12-23-18-17-3-2-8-22(17)16-5-4-14(19)11-15(16)20-18/h2-5,8,11,13H,6-7,9-10,12H2,1H3. The van der Waals surface area contributed by atoms with Gasteiger partial charge in [-0.05, 0) is 63.2 Å². The van der Waals surface area contributed by atoms with E-state index in [2.05, 4.69) is 16.9 Å². The molecule has 4 nitrogen and oxygen atoms in total. The van der Waals surface area contributed by atoms with Crippen molar-refractivity contribution in [3.63, 3.8) is 0 Å². The average molecular weight is 313 g/mol. The lowest BCUT2D eigenvalue weighted by molar-refractivity contribution is 0.158. The normalized spacial score (nSPS) is 17.1. The number of ether oxygens (including phenoxy) is 1. The van der Waals surface area contributed by atoms with Crippen molar-refractivity contribution in [3.05, 3.63) is 42.3 Å². The van der Waals surface area contributed by atoms with Crippen LogP contribution in [0.15, 0.2) is 36.5 Å². The molecule has 5 heteroatoms. The molecule has 0 bridgehead atoms. The predicted molar refractivity (Wildman–Crippen MR) is 88.4 cm³/mol. The summed E-state index contributed by atoms with van der Waals surface area (Å²) in [4.78, 5) is 6.89. The molecule has 1 fully saturated rings. The smallest absolute Gasteiger partial charge is 0.238 e. The Morgan fingerprint density at radius 1 is 1.22 bits per heavy atom. The minimum absolute atomic E-state index is 0.280. The first-order chi connectivity index (χ1) is 11.2. The number of aromatic nitrogens is 2. The van der Waals surface area contributed by atoms with Crippen LogP contribution in [0.25, 0.3) is 16.6 Å². The predicted octanol–water partition coefficient (Wildman–Crippen LogP) is 3.35. The van der Waals surface area contributed by atoms with E-state index < -0.39 is 0 Å². The zero-order valence-corrected chi connectivity index (χ0v) is 13.2. The Morgan fingerprint density at radius 2 is 2.04 bits per heavy atom. The van der Waals surface area contributed by atoms with Gasteiger partial charge in [0.15, 0.2) is 0 Å². The number of halogens is 1. The molecule has 0 saturated carbocycles. The molecule has 1 aromatic carbocycles. The van der Waals surface area contributed by atoms with Crippen molar-refractivity contribution in [1.29, 1.82) is 0 Å². The largest absolute Gasteiger partial charge is 0.476 e. The van der Waals surface area contributed by atoms with Crippen LogP contribution in [0.5, 0.6) is 5.88 Å². The summed E-state index contributed by atoms with van der Waals surface area (Å²) in [5.74, 6) is 0.871. The van der Waals surface area contributed by atoms with Gasteiger partial charge in [0, 0.05) is 12.3 Å². The fourth-order valence-electron chi connectivity index (χ4n) is 3.25. The molecule has 3 aromatic rings. The zero-order chi connectivity index (χ0) is 15.8. The monoisotopic (exact) mass is 313 g/mol. The second-order valence-corrected chi connectivity index (χ2v) is 6.37. The number of nitrogens with zero attached hydrogens (tertiary/aromatic N) is 3. The fourth-order valence-corrected chi connectivity index (χ4v) is 3.25. The fraction of sp³-hybridized carbons (Fsp3) is 0.389. The highest BCUT2D eigenvalue weighted by Crippen LogP contribution is 2.26. The summed E-state index contributed by atoms with van der Waals surface area (Å²) in [5.41, 5.74) is 2.43. The molecule has 0 spiro atoms. The van der Waals surface area contributed by atoms with Crippen LogP contribution in [-0.4, -0.2) is 41.0 Å². The molecule has 1 aliphatic heterocycles. The van der Waals surface area contributed by atoms with Crippen molar-refractivity contribution in [2.45, 2.75) is 12.8 Å². The maximum absolute atomic E-state index is 13.5. The van der Waals surface area contributed by atoms with E-state index in [4.69, 9.17) is 4.74 Å². The molecule has 2 aromatic heterocycles. The van der Waals surface area contributed by atoms with Gasteiger partial charge in [0.05, 0.1) is 17.6 Å². The molecular weight excluding hydrogens is 293 g/mol. The quantitative estimate of drug-likeness (QED) is 0.743. The van der Waals surface area contributed by atoms with E-state index in [1.165, 1.54) is 12.1 Å². The number of rotatable bonds is 3. The molecule has 0 amide bonds. The van der Waals surface area contributed by atoms with Crippen LogP contribution < -0.4 is 4.74 Å². The Hall–Kier alpha value is -2.14. The molecular formula is C18H20FN3O. The second-order valence-electron chi connectivity index (χ2n) is 6.37. The van der Waals surface area contributed by atoms with Gasteiger partial charge in [-0.25, -0.2) is 9.37 Å². The van der Waals surface area contributed by atoms with Gasteiger partial charge >= 0.3 is 0 Å². The van der Waals surface area contributed by atoms with Gasteiger partial charge in [-0.15, -0.1) is 0 Å². The summed E-state index contributed by atoms with van der Waals surface area (Å²) in [5, 5.41) is 0. The van der Waals surface area contributed by atoms with E-state index >= 15 is 0 Å². The molecule has 4 rings (SSSR count). The lowest BCUT2D eigenvalue weighted by atomic mass is 9.98. The van der Waals surface area contributed by atoms with Crippen molar-refractivity contribution in [2.24, 2.45) is 5.92 Å². The highest BCUT2D eigenvalue weighted by atomic mass is 19.1. The molecule has 0 radical (unpaired) electrons. The first-order valence-corrected chi connectivity index (χ1v) is 8.08. The van der Waals surface area contributed by atoms with E-state index in [0.29, 0.717) is 23.9 Å². The van der Waals surface area contributed by atoms with Gasteiger partial charge in [-0.1, -0.05) is 0 Å². The lowest BCUT2D eigenvalue weighted by Gasteiger charge is -2.28. The van der Waals surface area contributed by atoms with Gasteiger partial charge in [0.25, 0.3) is 0 Å². The number of hydrogen-bond acceptors (Lipinski definition) is 3. The average Bonchev–Trinajstić information content (AvgIpc) is 3.03. The van der Waals surface area contributed by atoms with E-state index in [1.807, 2.05) is 22.7 Å². The summed E-state index contributed by atoms with van der Waals surface area (Å²) in [6.07, 6.45) is 4.26. The highest BCUT2D eigenvalue weighted by Gasteiger charge is 2.18. The number of benzene rings is 1. The minimum Gasteiger partial charge on any atom is -0.476 e. The SMILES string of the molecule is CN1CCC(COc2nc3cc(F)ccc3n3cccc23)CC1. The molecule has 120 valence electrons. The minimum atomic E-state index is -0.280. The van der Waals surface area contributed by atoms with Crippen LogP contribution >= 0.6 is 0 Å². The topological polar surface area (TPSA) is 29.8 Å². The molecule has 1 saturated heterocycles. The Kier molecular flexibility index (Phi) is 3.65. The van der Waals surface area contributed by atoms with Crippen molar-refractivity contribution in [3.8, 4) is 5.88 Å². The van der Waals surface area contributed by atoms with Gasteiger partial charge in [-0.3, -0.25) is 0 Å². The van der Waals surface area contributed by atoms with Crippen LogP contribution in [0.1, 0.15) is 12.8 Å². The maximum atomic E-state index is 13.5. The van der Waals surface area contributed by atoms with E-state index in [1.54, 1.807) is 6.07 Å². The molecule has 0 unspecified atom stereocenters. The summed E-state index contributed by atoms with van der Waals surface area (Å²) < 4.78 is 21.5. The number of piperidine rings is 1. The second kappa shape index (κ2) is 5.81. The summed E-state index contributed by atoms with van der Waals surface area (Å²) >= 11 is 0. The highest BCUT2D eigenvalue weighted by molar-refractivity contribution is 5.81. The van der Waals surface area contributed by atoms with Crippen molar-refractivity contribution >= 4 is 16.6 Å². The van der Waals surface area contributed by atoms with Crippen LogP contribution in [0, 0.1) is 11.7 Å². The van der Waals surface area contributed by atoms with E-state index in [9.17, 15) is 4.39 Å². The van der Waals surface area contributed by atoms with Gasteiger partial charge in [0.2, 0.25) is 5.88 Å².